The molecule has 184 valence electrons. The van der Waals surface area contributed by atoms with E-state index in [9.17, 15) is 30.0 Å². The third-order valence-electron chi connectivity index (χ3n) is 9.91. The highest BCUT2D eigenvalue weighted by Gasteiger charge is 2.59. The van der Waals surface area contributed by atoms with Crippen molar-refractivity contribution >= 4 is 11.8 Å². The van der Waals surface area contributed by atoms with Crippen LogP contribution in [0.25, 0.3) is 0 Å². The fourth-order valence-corrected chi connectivity index (χ4v) is 7.87. The van der Waals surface area contributed by atoms with Crippen LogP contribution < -0.4 is 0 Å². The van der Waals surface area contributed by atoms with Crippen molar-refractivity contribution in [2.45, 2.75) is 102 Å². The number of allylic oxidation sites excluding steroid dienone is 1. The predicted octanol–water partition coefficient (Wildman–Crippen LogP) is 1.80. The molecule has 4 aliphatic carbocycles. The number of aliphatic carboxylic acids is 1. The van der Waals surface area contributed by atoms with Gasteiger partial charge in [0.2, 0.25) is 0 Å². The van der Waals surface area contributed by atoms with E-state index < -0.39 is 36.7 Å². The third-order valence-corrected chi connectivity index (χ3v) is 9.91. The van der Waals surface area contributed by atoms with Crippen LogP contribution >= 0.6 is 0 Å². The van der Waals surface area contributed by atoms with Gasteiger partial charge in [0.1, 0.15) is 24.1 Å². The molecule has 0 unspecified atom stereocenters. The smallest absolute Gasteiger partial charge is 0.335 e. The van der Waals surface area contributed by atoms with Crippen LogP contribution in [0.5, 0.6) is 0 Å². The number of hydrogen-bond acceptors (Lipinski definition) is 7. The Bertz CT molecular complexity index is 855. The number of carbonyl (C=O) groups is 2. The Balaban J connectivity index is 1.30. The third kappa shape index (κ3) is 3.52. The number of carbonyl (C=O) groups excluding carboxylic acids is 1. The number of aliphatic hydroxyl groups is 3. The van der Waals surface area contributed by atoms with E-state index >= 15 is 0 Å². The number of carboxylic acids is 1. The highest BCUT2D eigenvalue weighted by Crippen LogP contribution is 2.64. The number of ketones is 1. The topological polar surface area (TPSA) is 134 Å². The van der Waals surface area contributed by atoms with Gasteiger partial charge in [-0.2, -0.15) is 0 Å². The normalized spacial score (nSPS) is 51.8. The SMILES string of the molecule is C[C@]12CC[C@H](O[C@@H]3O[C@H](C(=O)O)[C@H](O)[C@H](O)[C@@H]3O)CC1=CC[C@H]1[C@H]2CC[C@]2(C)C(=O)CC[C@H]12. The van der Waals surface area contributed by atoms with Crippen LogP contribution in [0, 0.1) is 28.6 Å². The first kappa shape index (κ1) is 23.4. The van der Waals surface area contributed by atoms with Crippen LogP contribution in [-0.4, -0.2) is 69.0 Å². The molecule has 11 atom stereocenters. The van der Waals surface area contributed by atoms with Gasteiger partial charge in [-0.25, -0.2) is 4.79 Å². The van der Waals surface area contributed by atoms with Crippen LogP contribution in [-0.2, 0) is 19.1 Å². The minimum atomic E-state index is -1.72. The molecule has 1 saturated heterocycles. The molecule has 0 radical (unpaired) electrons. The molecule has 0 aromatic rings. The molecule has 1 aliphatic heterocycles. The monoisotopic (exact) mass is 464 g/mol. The van der Waals surface area contributed by atoms with Crippen molar-refractivity contribution in [1.82, 2.24) is 0 Å². The van der Waals surface area contributed by atoms with E-state index in [1.165, 1.54) is 5.57 Å². The lowest BCUT2D eigenvalue weighted by molar-refractivity contribution is -0.306. The van der Waals surface area contributed by atoms with Crippen molar-refractivity contribution in [1.29, 1.82) is 0 Å². The quantitative estimate of drug-likeness (QED) is 0.465. The summed E-state index contributed by atoms with van der Waals surface area (Å²) >= 11 is 0. The Hall–Kier alpha value is -1.32. The number of hydrogen-bond donors (Lipinski definition) is 4. The van der Waals surface area contributed by atoms with Crippen molar-refractivity contribution in [3.8, 4) is 0 Å². The predicted molar refractivity (Wildman–Crippen MR) is 116 cm³/mol. The molecule has 0 amide bonds. The fourth-order valence-electron chi connectivity index (χ4n) is 7.87. The van der Waals surface area contributed by atoms with Crippen LogP contribution in [0.15, 0.2) is 11.6 Å². The molecule has 4 N–H and O–H groups in total. The van der Waals surface area contributed by atoms with Crippen LogP contribution in [0.3, 0.4) is 0 Å². The molecule has 0 aromatic carbocycles. The van der Waals surface area contributed by atoms with Crippen molar-refractivity contribution < 1.29 is 39.5 Å². The van der Waals surface area contributed by atoms with Gasteiger partial charge in [-0.05, 0) is 68.1 Å². The van der Waals surface area contributed by atoms with Gasteiger partial charge in [-0.1, -0.05) is 25.5 Å². The van der Waals surface area contributed by atoms with Gasteiger partial charge < -0.3 is 29.9 Å². The van der Waals surface area contributed by atoms with Gasteiger partial charge in [0.25, 0.3) is 0 Å². The first-order chi connectivity index (χ1) is 15.6. The van der Waals surface area contributed by atoms with E-state index in [0.29, 0.717) is 30.0 Å². The number of aliphatic hydroxyl groups excluding tert-OH is 3. The Morgan fingerprint density at radius 3 is 2.45 bits per heavy atom. The van der Waals surface area contributed by atoms with E-state index in [1.807, 2.05) is 0 Å². The van der Waals surface area contributed by atoms with E-state index in [1.54, 1.807) is 0 Å². The lowest BCUT2D eigenvalue weighted by Gasteiger charge is -2.57. The second-order valence-corrected chi connectivity index (χ2v) is 11.4. The maximum Gasteiger partial charge on any atom is 0.335 e. The molecule has 8 heteroatoms. The Morgan fingerprint density at radius 2 is 1.73 bits per heavy atom. The molecule has 33 heavy (non-hydrogen) atoms. The van der Waals surface area contributed by atoms with Gasteiger partial charge >= 0.3 is 5.97 Å². The maximum atomic E-state index is 12.6. The van der Waals surface area contributed by atoms with Crippen molar-refractivity contribution in [3.63, 3.8) is 0 Å². The van der Waals surface area contributed by atoms with Gasteiger partial charge in [0.15, 0.2) is 12.4 Å². The Labute approximate surface area is 194 Å². The van der Waals surface area contributed by atoms with E-state index in [-0.39, 0.29) is 16.9 Å². The fraction of sp³-hybridized carbons (Fsp3) is 0.840. The zero-order valence-corrected chi connectivity index (χ0v) is 19.4. The molecule has 3 saturated carbocycles. The first-order valence-electron chi connectivity index (χ1n) is 12.4. The molecule has 5 rings (SSSR count). The number of carboxylic acid groups (broad SMARTS) is 1. The summed E-state index contributed by atoms with van der Waals surface area (Å²) in [5.74, 6) is 0.596. The van der Waals surface area contributed by atoms with E-state index in [4.69, 9.17) is 9.47 Å². The van der Waals surface area contributed by atoms with Gasteiger partial charge in [0.05, 0.1) is 6.10 Å². The summed E-state index contributed by atoms with van der Waals surface area (Å²) in [5.41, 5.74) is 1.25. The van der Waals surface area contributed by atoms with Gasteiger partial charge in [0, 0.05) is 11.8 Å². The highest BCUT2D eigenvalue weighted by atomic mass is 16.7. The molecule has 0 bridgehead atoms. The van der Waals surface area contributed by atoms with Crippen LogP contribution in [0.1, 0.15) is 65.2 Å². The minimum Gasteiger partial charge on any atom is -0.479 e. The lowest BCUT2D eigenvalue weighted by Crippen LogP contribution is -2.61. The molecule has 0 aromatic heterocycles. The van der Waals surface area contributed by atoms with Gasteiger partial charge in [-0.15, -0.1) is 0 Å². The summed E-state index contributed by atoms with van der Waals surface area (Å²) in [5, 5.41) is 39.6. The zero-order chi connectivity index (χ0) is 23.7. The average Bonchev–Trinajstić information content (AvgIpc) is 3.08. The number of rotatable bonds is 3. The summed E-state index contributed by atoms with van der Waals surface area (Å²) in [6.07, 6.45) is 1.28. The summed E-state index contributed by atoms with van der Waals surface area (Å²) in [6, 6.07) is 0. The van der Waals surface area contributed by atoms with Gasteiger partial charge in [-0.3, -0.25) is 4.79 Å². The van der Waals surface area contributed by atoms with Crippen molar-refractivity contribution in [2.75, 3.05) is 0 Å². The lowest BCUT2D eigenvalue weighted by atomic mass is 9.48. The Morgan fingerprint density at radius 1 is 1.03 bits per heavy atom. The second-order valence-electron chi connectivity index (χ2n) is 11.4. The first-order valence-corrected chi connectivity index (χ1v) is 12.4. The minimum absolute atomic E-state index is 0.0566. The number of ether oxygens (including phenoxy) is 2. The molecule has 5 aliphatic rings. The van der Waals surface area contributed by atoms with Crippen LogP contribution in [0.2, 0.25) is 0 Å². The molecule has 4 fully saturated rings. The zero-order valence-electron chi connectivity index (χ0n) is 19.4. The standard InChI is InChI=1S/C25H36O8/c1-24-9-7-13(32-23-20(29)18(27)19(28)21(33-23)22(30)31)11-12(24)3-4-14-15-5-6-17(26)25(15,2)10-8-16(14)24/h3,13-16,18-21,23,27-29H,4-11H2,1-2H3,(H,30,31)/t13-,14+,15+,16+,18-,19+,20-,21-,23+,24-,25-/m0/s1. The molecule has 1 heterocycles. The summed E-state index contributed by atoms with van der Waals surface area (Å²) < 4.78 is 11.3. The molecular weight excluding hydrogens is 428 g/mol. The maximum absolute atomic E-state index is 12.6. The number of Topliss-reactive ketones (excluding diaryl/α,β-unsaturated/α-hetero) is 1. The largest absolute Gasteiger partial charge is 0.479 e. The Kier molecular flexibility index (Phi) is 5.77. The van der Waals surface area contributed by atoms with E-state index in [0.717, 1.165) is 44.9 Å². The number of fused-ring (bicyclic) bond motifs is 5. The summed E-state index contributed by atoms with van der Waals surface area (Å²) in [7, 11) is 0. The van der Waals surface area contributed by atoms with Crippen LogP contribution in [0.4, 0.5) is 0 Å². The molecule has 8 nitrogen and oxygen atoms in total. The average molecular weight is 465 g/mol. The second kappa shape index (κ2) is 8.12. The highest BCUT2D eigenvalue weighted by molar-refractivity contribution is 5.87. The van der Waals surface area contributed by atoms with Crippen molar-refractivity contribution in [3.05, 3.63) is 11.6 Å². The van der Waals surface area contributed by atoms with Crippen molar-refractivity contribution in [2.24, 2.45) is 28.6 Å². The summed E-state index contributed by atoms with van der Waals surface area (Å²) in [6.45, 7) is 4.53. The summed E-state index contributed by atoms with van der Waals surface area (Å²) in [4.78, 5) is 24.0. The molecular formula is C25H36O8. The molecule has 0 spiro atoms. The van der Waals surface area contributed by atoms with E-state index in [2.05, 4.69) is 19.9 Å².